The Morgan fingerprint density at radius 3 is 2.63 bits per heavy atom. The molecule has 0 aromatic carbocycles. The maximum Gasteiger partial charge on any atom is 0.288 e. The number of nitrogens with zero attached hydrogens (tertiary/aromatic N) is 2. The lowest BCUT2D eigenvalue weighted by Crippen LogP contribution is -2.14. The minimum absolute atomic E-state index is 0.0217. The van der Waals surface area contributed by atoms with E-state index in [0.29, 0.717) is 10.5 Å². The van der Waals surface area contributed by atoms with Gasteiger partial charge in [0.25, 0.3) is 5.69 Å². The van der Waals surface area contributed by atoms with Crippen LogP contribution in [0.1, 0.15) is 19.3 Å². The summed E-state index contributed by atoms with van der Waals surface area (Å²) in [5.41, 5.74) is 0.0217. The highest BCUT2D eigenvalue weighted by molar-refractivity contribution is 9.10. The zero-order chi connectivity index (χ0) is 13.1. The van der Waals surface area contributed by atoms with Crippen LogP contribution in [0.3, 0.4) is 0 Å². The molecule has 6 heteroatoms. The second kappa shape index (κ2) is 3.91. The Kier molecular flexibility index (Phi) is 2.40. The van der Waals surface area contributed by atoms with Gasteiger partial charge in [0, 0.05) is 12.1 Å². The highest BCUT2D eigenvalue weighted by Gasteiger charge is 2.65. The van der Waals surface area contributed by atoms with Crippen molar-refractivity contribution in [2.75, 3.05) is 5.32 Å². The first-order valence-corrected chi connectivity index (χ1v) is 7.51. The molecule has 3 aliphatic rings. The Bertz CT molecular complexity index is 549. The SMILES string of the molecule is O=[N+]([O-])c1cnc(NC2C3C4CCC(C4)C23)c(Br)c1. The number of halogens is 1. The van der Waals surface area contributed by atoms with Crippen molar-refractivity contribution < 1.29 is 4.92 Å². The van der Waals surface area contributed by atoms with Crippen LogP contribution in [0.15, 0.2) is 16.7 Å². The first-order valence-electron chi connectivity index (χ1n) is 6.71. The first kappa shape index (κ1) is 11.6. The molecule has 5 nitrogen and oxygen atoms in total. The highest BCUT2D eigenvalue weighted by Crippen LogP contribution is 2.66. The van der Waals surface area contributed by atoms with E-state index < -0.39 is 4.92 Å². The van der Waals surface area contributed by atoms with Gasteiger partial charge in [-0.3, -0.25) is 10.1 Å². The number of hydrogen-bond donors (Lipinski definition) is 1. The Morgan fingerprint density at radius 1 is 1.37 bits per heavy atom. The van der Waals surface area contributed by atoms with Crippen molar-refractivity contribution in [3.8, 4) is 0 Å². The van der Waals surface area contributed by atoms with Gasteiger partial charge in [0.2, 0.25) is 0 Å². The van der Waals surface area contributed by atoms with Crippen LogP contribution in [0, 0.1) is 33.8 Å². The maximum atomic E-state index is 10.7. The number of pyridine rings is 1. The van der Waals surface area contributed by atoms with Crippen molar-refractivity contribution in [1.82, 2.24) is 4.98 Å². The van der Waals surface area contributed by atoms with E-state index in [1.165, 1.54) is 31.5 Å². The van der Waals surface area contributed by atoms with Crippen LogP contribution >= 0.6 is 15.9 Å². The summed E-state index contributed by atoms with van der Waals surface area (Å²) < 4.78 is 0.680. The van der Waals surface area contributed by atoms with Gasteiger partial charge in [-0.1, -0.05) is 0 Å². The fourth-order valence-corrected chi connectivity index (χ4v) is 4.76. The molecule has 4 unspecified atom stereocenters. The van der Waals surface area contributed by atoms with Crippen LogP contribution in [0.4, 0.5) is 11.5 Å². The Morgan fingerprint density at radius 2 is 2.05 bits per heavy atom. The van der Waals surface area contributed by atoms with E-state index in [9.17, 15) is 10.1 Å². The lowest BCUT2D eigenvalue weighted by molar-refractivity contribution is -0.385. The van der Waals surface area contributed by atoms with E-state index in [4.69, 9.17) is 0 Å². The predicted molar refractivity (Wildman–Crippen MR) is 73.8 cm³/mol. The standard InChI is InChI=1S/C13H14BrN3O2/c14-9-4-8(17(18)19)5-15-13(9)16-12-10-6-1-2-7(3-6)11(10)12/h4-7,10-12H,1-3H2,(H,15,16). The third kappa shape index (κ3) is 1.69. The van der Waals surface area contributed by atoms with E-state index in [1.54, 1.807) is 0 Å². The molecule has 0 radical (unpaired) electrons. The average Bonchev–Trinajstić information content (AvgIpc) is 2.79. The molecule has 4 atom stereocenters. The summed E-state index contributed by atoms with van der Waals surface area (Å²) in [5.74, 6) is 4.20. The summed E-state index contributed by atoms with van der Waals surface area (Å²) in [4.78, 5) is 14.4. The van der Waals surface area contributed by atoms with Crippen LogP contribution in [0.25, 0.3) is 0 Å². The van der Waals surface area contributed by atoms with Crippen molar-refractivity contribution in [1.29, 1.82) is 0 Å². The van der Waals surface area contributed by atoms with Gasteiger partial charge in [0.05, 0.1) is 9.40 Å². The third-order valence-corrected chi connectivity index (χ3v) is 5.68. The molecule has 3 fully saturated rings. The summed E-state index contributed by atoms with van der Waals surface area (Å²) in [6.45, 7) is 0. The van der Waals surface area contributed by atoms with Crippen molar-refractivity contribution in [2.45, 2.75) is 25.3 Å². The zero-order valence-electron chi connectivity index (χ0n) is 10.3. The van der Waals surface area contributed by atoms with Crippen LogP contribution in [0.5, 0.6) is 0 Å². The number of fused-ring (bicyclic) bond motifs is 5. The summed E-state index contributed by atoms with van der Waals surface area (Å²) in [6, 6.07) is 2.05. The second-order valence-electron chi connectivity index (χ2n) is 5.94. The maximum absolute atomic E-state index is 10.7. The molecule has 3 aliphatic carbocycles. The van der Waals surface area contributed by atoms with Crippen LogP contribution < -0.4 is 5.32 Å². The molecule has 1 aromatic heterocycles. The number of anilines is 1. The van der Waals surface area contributed by atoms with E-state index in [0.717, 1.165) is 29.5 Å². The van der Waals surface area contributed by atoms with Crippen molar-refractivity contribution in [3.05, 3.63) is 26.9 Å². The van der Waals surface area contributed by atoms with Gasteiger partial charge in [-0.25, -0.2) is 4.98 Å². The van der Waals surface area contributed by atoms with Crippen LogP contribution in [0.2, 0.25) is 0 Å². The summed E-state index contributed by atoms with van der Waals surface area (Å²) >= 11 is 3.37. The third-order valence-electron chi connectivity index (χ3n) is 5.08. The van der Waals surface area contributed by atoms with Crippen LogP contribution in [-0.2, 0) is 0 Å². The summed E-state index contributed by atoms with van der Waals surface area (Å²) in [6.07, 6.45) is 5.51. The van der Waals surface area contributed by atoms with Crippen molar-refractivity contribution in [3.63, 3.8) is 0 Å². The first-order chi connectivity index (χ1) is 9.15. The average molecular weight is 324 g/mol. The molecular weight excluding hydrogens is 310 g/mol. The van der Waals surface area contributed by atoms with Crippen molar-refractivity contribution >= 4 is 27.4 Å². The molecule has 0 amide bonds. The number of nitrogens with one attached hydrogen (secondary N) is 1. The summed E-state index contributed by atoms with van der Waals surface area (Å²) in [5, 5.41) is 14.1. The molecule has 3 saturated carbocycles. The number of hydrogen-bond acceptors (Lipinski definition) is 4. The Labute approximate surface area is 119 Å². The molecule has 2 bridgehead atoms. The Balaban J connectivity index is 1.51. The Hall–Kier alpha value is -1.17. The molecule has 1 heterocycles. The van der Waals surface area contributed by atoms with Crippen LogP contribution in [-0.4, -0.2) is 15.9 Å². The summed E-state index contributed by atoms with van der Waals surface area (Å²) in [7, 11) is 0. The topological polar surface area (TPSA) is 68.1 Å². The second-order valence-corrected chi connectivity index (χ2v) is 6.79. The molecule has 0 aliphatic heterocycles. The highest BCUT2D eigenvalue weighted by atomic mass is 79.9. The monoisotopic (exact) mass is 323 g/mol. The van der Waals surface area contributed by atoms with E-state index in [1.807, 2.05) is 0 Å². The van der Waals surface area contributed by atoms with Gasteiger partial charge in [0.15, 0.2) is 0 Å². The smallest absolute Gasteiger partial charge is 0.288 e. The normalized spacial score (nSPS) is 38.1. The lowest BCUT2D eigenvalue weighted by Gasteiger charge is -2.12. The molecule has 0 saturated heterocycles. The van der Waals surface area contributed by atoms with Gasteiger partial charge in [-0.2, -0.15) is 0 Å². The largest absolute Gasteiger partial charge is 0.366 e. The van der Waals surface area contributed by atoms with Gasteiger partial charge in [-0.05, 0) is 58.9 Å². The quantitative estimate of drug-likeness (QED) is 0.685. The van der Waals surface area contributed by atoms with Gasteiger partial charge in [-0.15, -0.1) is 0 Å². The van der Waals surface area contributed by atoms with E-state index in [-0.39, 0.29) is 5.69 Å². The minimum atomic E-state index is -0.423. The minimum Gasteiger partial charge on any atom is -0.366 e. The lowest BCUT2D eigenvalue weighted by atomic mass is 10.0. The zero-order valence-corrected chi connectivity index (χ0v) is 11.8. The molecular formula is C13H14BrN3O2. The molecule has 4 rings (SSSR count). The van der Waals surface area contributed by atoms with Gasteiger partial charge >= 0.3 is 0 Å². The fourth-order valence-electron chi connectivity index (χ4n) is 4.31. The molecule has 0 spiro atoms. The molecule has 100 valence electrons. The van der Waals surface area contributed by atoms with Crippen molar-refractivity contribution in [2.24, 2.45) is 23.7 Å². The van der Waals surface area contributed by atoms with Gasteiger partial charge in [0.1, 0.15) is 12.0 Å². The molecule has 1 N–H and O–H groups in total. The fraction of sp³-hybridized carbons (Fsp3) is 0.615. The number of rotatable bonds is 3. The van der Waals surface area contributed by atoms with E-state index in [2.05, 4.69) is 26.2 Å². The van der Waals surface area contributed by atoms with Gasteiger partial charge < -0.3 is 5.32 Å². The van der Waals surface area contributed by atoms with E-state index >= 15 is 0 Å². The number of aromatic nitrogens is 1. The molecule has 1 aromatic rings. The predicted octanol–water partition coefficient (Wildman–Crippen LogP) is 3.21. The molecule has 19 heavy (non-hydrogen) atoms. The number of nitro groups is 1.